The topological polar surface area (TPSA) is 15.3 Å². The molecule has 2 nitrogen and oxygen atoms in total. The highest BCUT2D eigenvalue weighted by atomic mass is 79.9. The van der Waals surface area contributed by atoms with Gasteiger partial charge in [-0.1, -0.05) is 70.5 Å². The van der Waals surface area contributed by atoms with E-state index < -0.39 is 0 Å². The number of hydrogen-bond acceptors (Lipinski definition) is 2. The third kappa shape index (κ3) is 2.92. The Morgan fingerprint density at radius 1 is 1.10 bits per heavy atom. The summed E-state index contributed by atoms with van der Waals surface area (Å²) in [5.41, 5.74) is 9.24. The SMILES string of the molecule is C/C=C(Br)\C=C(\C1=C2C=CC=C3c4ccccc4C1N32)C(C)Nc1ccccc1. The Morgan fingerprint density at radius 2 is 1.86 bits per heavy atom. The van der Waals surface area contributed by atoms with Crippen molar-refractivity contribution in [3.05, 3.63) is 117 Å². The maximum absolute atomic E-state index is 3.72. The van der Waals surface area contributed by atoms with Gasteiger partial charge < -0.3 is 10.2 Å². The molecule has 0 saturated carbocycles. The van der Waals surface area contributed by atoms with Crippen LogP contribution in [0.4, 0.5) is 5.69 Å². The zero-order valence-electron chi connectivity index (χ0n) is 16.6. The van der Waals surface area contributed by atoms with Crippen LogP contribution in [0.2, 0.25) is 0 Å². The van der Waals surface area contributed by atoms with E-state index in [0.29, 0.717) is 6.04 Å². The lowest BCUT2D eigenvalue weighted by molar-refractivity contribution is 0.368. The van der Waals surface area contributed by atoms with Gasteiger partial charge in [-0.15, -0.1) is 0 Å². The van der Waals surface area contributed by atoms with Gasteiger partial charge in [0.25, 0.3) is 0 Å². The van der Waals surface area contributed by atoms with Gasteiger partial charge in [-0.3, -0.25) is 0 Å². The lowest BCUT2D eigenvalue weighted by atomic mass is 9.81. The van der Waals surface area contributed by atoms with Crippen LogP contribution in [0.3, 0.4) is 0 Å². The molecule has 0 aromatic heterocycles. The van der Waals surface area contributed by atoms with Crippen LogP contribution >= 0.6 is 15.9 Å². The van der Waals surface area contributed by atoms with Gasteiger partial charge in [0, 0.05) is 38.7 Å². The van der Waals surface area contributed by atoms with Crippen LogP contribution in [0.1, 0.15) is 31.0 Å². The summed E-state index contributed by atoms with van der Waals surface area (Å²) in [6.45, 7) is 4.31. The molecule has 0 spiro atoms. The first-order valence-corrected chi connectivity index (χ1v) is 10.8. The highest BCUT2D eigenvalue weighted by Gasteiger charge is 2.48. The van der Waals surface area contributed by atoms with E-state index in [1.807, 2.05) is 6.07 Å². The molecule has 0 bridgehead atoms. The van der Waals surface area contributed by atoms with Crippen LogP contribution in [0.25, 0.3) is 5.70 Å². The summed E-state index contributed by atoms with van der Waals surface area (Å²) in [6, 6.07) is 19.7. The van der Waals surface area contributed by atoms with Crippen molar-refractivity contribution >= 4 is 27.3 Å². The van der Waals surface area contributed by atoms with Gasteiger partial charge in [-0.25, -0.2) is 0 Å². The summed E-state index contributed by atoms with van der Waals surface area (Å²) < 4.78 is 1.10. The zero-order valence-corrected chi connectivity index (χ0v) is 18.1. The lowest BCUT2D eigenvalue weighted by Gasteiger charge is -2.45. The van der Waals surface area contributed by atoms with Crippen LogP contribution < -0.4 is 5.32 Å². The standard InChI is InChI=1S/C26H23BrN2/c1-3-18(27)16-22(17(2)28-19-10-5-4-6-11-19)25-24-15-9-14-23-20-12-7-8-13-21(20)26(25)29(23)24/h3-17,26,28H,1-2H3/b18-3+,22-16+. The third-order valence-corrected chi connectivity index (χ3v) is 6.56. The fraction of sp³-hybridized carbons (Fsp3) is 0.154. The third-order valence-electron chi connectivity index (χ3n) is 5.87. The maximum Gasteiger partial charge on any atom is 0.0875 e. The van der Waals surface area contributed by atoms with Gasteiger partial charge in [-0.05, 0) is 55.3 Å². The van der Waals surface area contributed by atoms with Crippen molar-refractivity contribution in [2.75, 3.05) is 5.32 Å². The molecule has 29 heavy (non-hydrogen) atoms. The van der Waals surface area contributed by atoms with E-state index in [2.05, 4.69) is 119 Å². The Labute approximate surface area is 180 Å². The van der Waals surface area contributed by atoms with Gasteiger partial charge >= 0.3 is 0 Å². The average Bonchev–Trinajstić information content (AvgIpc) is 3.06. The molecular weight excluding hydrogens is 420 g/mol. The first kappa shape index (κ1) is 18.3. The minimum absolute atomic E-state index is 0.171. The number of fused-ring (bicyclic) bond motifs is 3. The molecule has 0 fully saturated rings. The van der Waals surface area contributed by atoms with Crippen LogP contribution in [0.5, 0.6) is 0 Å². The van der Waals surface area contributed by atoms with E-state index in [1.54, 1.807) is 0 Å². The van der Waals surface area contributed by atoms with Crippen molar-refractivity contribution in [1.29, 1.82) is 0 Å². The molecule has 3 aliphatic heterocycles. The average molecular weight is 443 g/mol. The van der Waals surface area contributed by atoms with E-state index >= 15 is 0 Å². The van der Waals surface area contributed by atoms with Gasteiger partial charge in [0.2, 0.25) is 0 Å². The highest BCUT2D eigenvalue weighted by Crippen LogP contribution is 2.59. The molecule has 2 aromatic carbocycles. The molecule has 2 atom stereocenters. The van der Waals surface area contributed by atoms with Crippen molar-refractivity contribution < 1.29 is 0 Å². The maximum atomic E-state index is 3.72. The summed E-state index contributed by atoms with van der Waals surface area (Å²) >= 11 is 3.72. The van der Waals surface area contributed by atoms with Crippen molar-refractivity contribution in [3.63, 3.8) is 0 Å². The van der Waals surface area contributed by atoms with Crippen molar-refractivity contribution in [3.8, 4) is 0 Å². The van der Waals surface area contributed by atoms with Crippen LogP contribution in [-0.2, 0) is 0 Å². The number of benzene rings is 2. The lowest BCUT2D eigenvalue weighted by Crippen LogP contribution is -2.38. The Balaban J connectivity index is 1.60. The van der Waals surface area contributed by atoms with E-state index in [4.69, 9.17) is 0 Å². The molecule has 0 aliphatic carbocycles. The molecule has 2 unspecified atom stereocenters. The second-order valence-corrected chi connectivity index (χ2v) is 8.49. The second kappa shape index (κ2) is 7.23. The van der Waals surface area contributed by atoms with E-state index in [0.717, 1.165) is 10.2 Å². The summed E-state index contributed by atoms with van der Waals surface area (Å²) in [7, 11) is 0. The van der Waals surface area contributed by atoms with Gasteiger partial charge in [0.05, 0.1) is 6.04 Å². The Morgan fingerprint density at radius 3 is 2.66 bits per heavy atom. The Bertz CT molecular complexity index is 1120. The quantitative estimate of drug-likeness (QED) is 0.503. The summed E-state index contributed by atoms with van der Waals surface area (Å²) in [5, 5.41) is 3.69. The van der Waals surface area contributed by atoms with Gasteiger partial charge in [0.1, 0.15) is 0 Å². The molecule has 1 N–H and O–H groups in total. The molecule has 0 radical (unpaired) electrons. The molecule has 2 aromatic rings. The smallest absolute Gasteiger partial charge is 0.0875 e. The van der Waals surface area contributed by atoms with Crippen LogP contribution in [-0.4, -0.2) is 10.9 Å². The molecule has 3 heteroatoms. The fourth-order valence-electron chi connectivity index (χ4n) is 4.54. The summed E-state index contributed by atoms with van der Waals surface area (Å²) in [4.78, 5) is 2.48. The van der Waals surface area contributed by atoms with Crippen LogP contribution in [0.15, 0.2) is 106 Å². The minimum atomic E-state index is 0.171. The van der Waals surface area contributed by atoms with Crippen molar-refractivity contribution in [2.24, 2.45) is 0 Å². The Kier molecular flexibility index (Phi) is 4.56. The van der Waals surface area contributed by atoms with E-state index in [9.17, 15) is 0 Å². The number of para-hydroxylation sites is 1. The number of rotatable bonds is 5. The van der Waals surface area contributed by atoms with E-state index in [1.165, 1.54) is 33.7 Å². The highest BCUT2D eigenvalue weighted by molar-refractivity contribution is 9.11. The van der Waals surface area contributed by atoms with Gasteiger partial charge in [-0.2, -0.15) is 0 Å². The normalized spacial score (nSPS) is 20.7. The predicted octanol–water partition coefficient (Wildman–Crippen LogP) is 6.95. The molecule has 3 heterocycles. The molecule has 0 saturated heterocycles. The Hall–Kier alpha value is -2.78. The first-order chi connectivity index (χ1) is 14.2. The number of allylic oxidation sites excluding steroid dienone is 6. The number of nitrogens with zero attached hydrogens (tertiary/aromatic N) is 1. The zero-order chi connectivity index (χ0) is 20.0. The second-order valence-electron chi connectivity index (χ2n) is 7.58. The number of nitrogens with one attached hydrogen (secondary N) is 1. The molecular formula is C26H23BrN2. The molecule has 5 rings (SSSR count). The molecule has 0 amide bonds. The molecule has 3 aliphatic rings. The number of hydrogen-bond donors (Lipinski definition) is 1. The van der Waals surface area contributed by atoms with Crippen molar-refractivity contribution in [1.82, 2.24) is 4.90 Å². The largest absolute Gasteiger partial charge is 0.379 e. The van der Waals surface area contributed by atoms with E-state index in [-0.39, 0.29) is 6.04 Å². The van der Waals surface area contributed by atoms with Crippen molar-refractivity contribution in [2.45, 2.75) is 25.9 Å². The number of halogens is 1. The minimum Gasteiger partial charge on any atom is -0.379 e. The molecule has 144 valence electrons. The fourth-order valence-corrected chi connectivity index (χ4v) is 4.79. The summed E-state index contributed by atoms with van der Waals surface area (Å²) in [6.07, 6.45) is 11.0. The van der Waals surface area contributed by atoms with Crippen LogP contribution in [0, 0.1) is 0 Å². The monoisotopic (exact) mass is 442 g/mol. The number of anilines is 1. The first-order valence-electron chi connectivity index (χ1n) is 10.1. The predicted molar refractivity (Wildman–Crippen MR) is 125 cm³/mol. The van der Waals surface area contributed by atoms with Gasteiger partial charge in [0.15, 0.2) is 0 Å². The summed E-state index contributed by atoms with van der Waals surface area (Å²) in [5.74, 6) is 0.